The summed E-state index contributed by atoms with van der Waals surface area (Å²) >= 11 is 0. The van der Waals surface area contributed by atoms with Gasteiger partial charge in [-0.05, 0) is 63.6 Å². The minimum Gasteiger partial charge on any atom is -0.385 e. The molecule has 1 aliphatic heterocycles. The third kappa shape index (κ3) is 6.29. The fourth-order valence-corrected chi connectivity index (χ4v) is 3.69. The molecular weight excluding hydrogens is 334 g/mol. The van der Waals surface area contributed by atoms with Crippen molar-refractivity contribution in [3.63, 3.8) is 0 Å². The lowest BCUT2D eigenvalue weighted by Crippen LogP contribution is -2.40. The van der Waals surface area contributed by atoms with E-state index in [1.807, 2.05) is 6.92 Å². The molecule has 1 heterocycles. The van der Waals surface area contributed by atoms with Crippen LogP contribution in [-0.2, 0) is 16.2 Å². The van der Waals surface area contributed by atoms with Crippen molar-refractivity contribution in [2.75, 3.05) is 33.4 Å². The van der Waals surface area contributed by atoms with Crippen molar-refractivity contribution in [1.82, 2.24) is 4.90 Å². The van der Waals surface area contributed by atoms with E-state index in [0.29, 0.717) is 0 Å². The first-order valence-electron chi connectivity index (χ1n) is 9.71. The Hall–Kier alpha value is -1.04. The smallest absolute Gasteiger partial charge is 0.270 e. The van der Waals surface area contributed by atoms with E-state index in [4.69, 9.17) is 10.5 Å². The number of likely N-dealkylation sites (tertiary alicyclic amines) is 1. The van der Waals surface area contributed by atoms with Crippen LogP contribution in [0.1, 0.15) is 57.1 Å². The molecule has 2 N–H and O–H groups in total. The number of methoxy groups -OCH3 is 1. The molecule has 3 nitrogen and oxygen atoms in total. The maximum absolute atomic E-state index is 13.4. The summed E-state index contributed by atoms with van der Waals surface area (Å²) < 4.78 is 31.8. The molecule has 1 aromatic carbocycles. The number of halogens is 2. The van der Waals surface area contributed by atoms with E-state index in [9.17, 15) is 8.78 Å². The molecule has 0 radical (unpaired) electrons. The monoisotopic (exact) mass is 368 g/mol. The van der Waals surface area contributed by atoms with Crippen molar-refractivity contribution >= 4 is 0 Å². The standard InChI is InChI=1S/C21H34F2N2O/c1-20(24,18-6-8-19(9-7-18)21(2,22)23)12-15-25-13-10-17(11-14-25)5-4-16-26-3/h6-9,17H,4-5,10-16,24H2,1-3H3. The Bertz CT molecular complexity index is 532. The molecule has 26 heavy (non-hydrogen) atoms. The highest BCUT2D eigenvalue weighted by molar-refractivity contribution is 5.29. The second kappa shape index (κ2) is 9.25. The number of rotatable bonds is 9. The van der Waals surface area contributed by atoms with Crippen LogP contribution in [-0.4, -0.2) is 38.3 Å². The van der Waals surface area contributed by atoms with Gasteiger partial charge in [-0.3, -0.25) is 0 Å². The molecule has 148 valence electrons. The SMILES string of the molecule is COCCCC1CCN(CCC(C)(N)c2ccc(C(C)(F)F)cc2)CC1. The van der Waals surface area contributed by atoms with Gasteiger partial charge in [0, 0.05) is 38.3 Å². The minimum atomic E-state index is -2.81. The summed E-state index contributed by atoms with van der Waals surface area (Å²) in [5.74, 6) is -1.99. The fraction of sp³-hybridized carbons (Fsp3) is 0.714. The van der Waals surface area contributed by atoms with E-state index in [1.165, 1.54) is 31.4 Å². The highest BCUT2D eigenvalue weighted by atomic mass is 19.3. The van der Waals surface area contributed by atoms with Gasteiger partial charge in [0.1, 0.15) is 0 Å². The molecule has 2 rings (SSSR count). The van der Waals surface area contributed by atoms with Crippen LogP contribution in [0.4, 0.5) is 8.78 Å². The highest BCUT2D eigenvalue weighted by Gasteiger charge is 2.27. The Labute approximate surface area is 156 Å². The number of alkyl halides is 2. The number of hydrogen-bond acceptors (Lipinski definition) is 3. The van der Waals surface area contributed by atoms with Crippen LogP contribution in [0, 0.1) is 5.92 Å². The summed E-state index contributed by atoms with van der Waals surface area (Å²) in [4.78, 5) is 2.48. The Morgan fingerprint density at radius 3 is 2.23 bits per heavy atom. The average molecular weight is 369 g/mol. The lowest BCUT2D eigenvalue weighted by atomic mass is 9.87. The summed E-state index contributed by atoms with van der Waals surface area (Å²) in [7, 11) is 1.76. The van der Waals surface area contributed by atoms with E-state index in [-0.39, 0.29) is 5.56 Å². The molecule has 1 atom stereocenters. The van der Waals surface area contributed by atoms with Crippen LogP contribution in [0.2, 0.25) is 0 Å². The molecule has 0 bridgehead atoms. The van der Waals surface area contributed by atoms with Crippen molar-refractivity contribution in [1.29, 1.82) is 0 Å². The summed E-state index contributed by atoms with van der Waals surface area (Å²) in [6.45, 7) is 6.95. The predicted octanol–water partition coefficient (Wildman–Crippen LogP) is 4.50. The zero-order chi connectivity index (χ0) is 19.2. The van der Waals surface area contributed by atoms with Crippen molar-refractivity contribution in [2.45, 2.75) is 57.4 Å². The second-order valence-electron chi connectivity index (χ2n) is 8.05. The zero-order valence-corrected chi connectivity index (χ0v) is 16.4. The molecular formula is C21H34F2N2O. The molecule has 1 unspecified atom stereocenters. The quantitative estimate of drug-likeness (QED) is 0.652. The fourth-order valence-electron chi connectivity index (χ4n) is 3.69. The number of ether oxygens (including phenoxy) is 1. The lowest BCUT2D eigenvalue weighted by Gasteiger charge is -2.34. The Morgan fingerprint density at radius 2 is 1.69 bits per heavy atom. The first kappa shape index (κ1) is 21.3. The molecule has 1 fully saturated rings. The maximum atomic E-state index is 13.4. The van der Waals surface area contributed by atoms with Gasteiger partial charge in [0.15, 0.2) is 0 Å². The molecule has 0 saturated carbocycles. The van der Waals surface area contributed by atoms with Gasteiger partial charge in [0.05, 0.1) is 0 Å². The van der Waals surface area contributed by atoms with Crippen LogP contribution in [0.25, 0.3) is 0 Å². The van der Waals surface area contributed by atoms with Gasteiger partial charge in [-0.1, -0.05) is 24.3 Å². The van der Waals surface area contributed by atoms with Gasteiger partial charge in [-0.2, -0.15) is 0 Å². The number of nitrogens with two attached hydrogens (primary N) is 1. The van der Waals surface area contributed by atoms with Gasteiger partial charge in [-0.25, -0.2) is 8.78 Å². The van der Waals surface area contributed by atoms with Gasteiger partial charge in [0.25, 0.3) is 5.92 Å². The number of piperidine rings is 1. The number of nitrogens with zero attached hydrogens (tertiary/aromatic N) is 1. The van der Waals surface area contributed by atoms with Gasteiger partial charge < -0.3 is 15.4 Å². The molecule has 0 amide bonds. The average Bonchev–Trinajstić information content (AvgIpc) is 2.61. The van der Waals surface area contributed by atoms with Crippen LogP contribution in [0.3, 0.4) is 0 Å². The van der Waals surface area contributed by atoms with E-state index < -0.39 is 11.5 Å². The van der Waals surface area contributed by atoms with E-state index in [0.717, 1.165) is 57.5 Å². The predicted molar refractivity (Wildman–Crippen MR) is 102 cm³/mol. The topological polar surface area (TPSA) is 38.5 Å². The van der Waals surface area contributed by atoms with Crippen LogP contribution in [0.5, 0.6) is 0 Å². The third-order valence-corrected chi connectivity index (χ3v) is 5.67. The molecule has 5 heteroatoms. The van der Waals surface area contributed by atoms with E-state index >= 15 is 0 Å². The Kier molecular flexibility index (Phi) is 7.56. The maximum Gasteiger partial charge on any atom is 0.270 e. The third-order valence-electron chi connectivity index (χ3n) is 5.67. The zero-order valence-electron chi connectivity index (χ0n) is 16.4. The molecule has 1 aromatic rings. The molecule has 0 aliphatic carbocycles. The molecule has 0 aromatic heterocycles. The Morgan fingerprint density at radius 1 is 1.12 bits per heavy atom. The van der Waals surface area contributed by atoms with Crippen molar-refractivity contribution in [3.05, 3.63) is 35.4 Å². The van der Waals surface area contributed by atoms with Crippen LogP contribution < -0.4 is 5.73 Å². The molecule has 1 aliphatic rings. The first-order valence-corrected chi connectivity index (χ1v) is 9.71. The highest BCUT2D eigenvalue weighted by Crippen LogP contribution is 2.30. The number of hydrogen-bond donors (Lipinski definition) is 1. The summed E-state index contributed by atoms with van der Waals surface area (Å²) in [5.41, 5.74) is 6.94. The van der Waals surface area contributed by atoms with Gasteiger partial charge in [-0.15, -0.1) is 0 Å². The summed E-state index contributed by atoms with van der Waals surface area (Å²) in [6, 6.07) is 6.47. The first-order chi connectivity index (χ1) is 12.2. The Balaban J connectivity index is 1.79. The van der Waals surface area contributed by atoms with Gasteiger partial charge >= 0.3 is 0 Å². The van der Waals surface area contributed by atoms with E-state index in [1.54, 1.807) is 19.2 Å². The van der Waals surface area contributed by atoms with Crippen molar-refractivity contribution < 1.29 is 13.5 Å². The number of benzene rings is 1. The van der Waals surface area contributed by atoms with E-state index in [2.05, 4.69) is 4.90 Å². The van der Waals surface area contributed by atoms with Crippen LogP contribution in [0.15, 0.2) is 24.3 Å². The summed E-state index contributed by atoms with van der Waals surface area (Å²) in [5, 5.41) is 0. The van der Waals surface area contributed by atoms with Gasteiger partial charge in [0.2, 0.25) is 0 Å². The second-order valence-corrected chi connectivity index (χ2v) is 8.05. The molecule has 1 saturated heterocycles. The summed E-state index contributed by atoms with van der Waals surface area (Å²) in [6.07, 6.45) is 5.71. The van der Waals surface area contributed by atoms with Crippen molar-refractivity contribution in [3.8, 4) is 0 Å². The van der Waals surface area contributed by atoms with Crippen LogP contribution >= 0.6 is 0 Å². The lowest BCUT2D eigenvalue weighted by molar-refractivity contribution is 0.0174. The normalized spacial score (nSPS) is 19.5. The van der Waals surface area contributed by atoms with Crippen molar-refractivity contribution in [2.24, 2.45) is 11.7 Å². The minimum absolute atomic E-state index is 0.0348. The molecule has 0 spiro atoms. The largest absolute Gasteiger partial charge is 0.385 e.